The largest absolute Gasteiger partial charge is 0.480 e. The minimum absolute atomic E-state index is 0.109. The molecule has 2 rings (SSSR count). The van der Waals surface area contributed by atoms with Crippen molar-refractivity contribution in [1.82, 2.24) is 9.78 Å². The molecular formula is C14H15BrN2O2. The van der Waals surface area contributed by atoms with Gasteiger partial charge >= 0.3 is 5.97 Å². The molecule has 2 aromatic rings. The van der Waals surface area contributed by atoms with Crippen molar-refractivity contribution < 1.29 is 9.90 Å². The Morgan fingerprint density at radius 1 is 1.37 bits per heavy atom. The van der Waals surface area contributed by atoms with Gasteiger partial charge in [-0.15, -0.1) is 0 Å². The molecule has 0 saturated heterocycles. The average molecular weight is 323 g/mol. The first kappa shape index (κ1) is 13.8. The summed E-state index contributed by atoms with van der Waals surface area (Å²) in [7, 11) is 0. The van der Waals surface area contributed by atoms with Gasteiger partial charge in [0.2, 0.25) is 0 Å². The fourth-order valence-corrected chi connectivity index (χ4v) is 2.75. The third-order valence-corrected chi connectivity index (χ3v) is 3.62. The first-order chi connectivity index (χ1) is 8.90. The number of hydrogen-bond acceptors (Lipinski definition) is 2. The van der Waals surface area contributed by atoms with Gasteiger partial charge in [-0.3, -0.25) is 9.48 Å². The monoisotopic (exact) mass is 322 g/mol. The summed E-state index contributed by atoms with van der Waals surface area (Å²) in [5, 5.41) is 13.2. The zero-order chi connectivity index (χ0) is 14.2. The van der Waals surface area contributed by atoms with Crippen LogP contribution in [0.15, 0.2) is 22.7 Å². The van der Waals surface area contributed by atoms with Gasteiger partial charge in [0.15, 0.2) is 0 Å². The van der Waals surface area contributed by atoms with Crippen molar-refractivity contribution in [2.45, 2.75) is 27.3 Å². The quantitative estimate of drug-likeness (QED) is 0.943. The predicted octanol–water partition coefficient (Wildman–Crippen LogP) is 3.32. The van der Waals surface area contributed by atoms with Gasteiger partial charge in [-0.2, -0.15) is 5.10 Å². The molecule has 0 bridgehead atoms. The lowest BCUT2D eigenvalue weighted by Crippen LogP contribution is -2.11. The molecule has 0 fully saturated rings. The SMILES string of the molecule is Cc1cc(Br)ccc1-c1c(C)nn(CC(=O)O)c1C. The maximum Gasteiger partial charge on any atom is 0.325 e. The van der Waals surface area contributed by atoms with E-state index in [0.29, 0.717) is 0 Å². The van der Waals surface area contributed by atoms with Gasteiger partial charge < -0.3 is 5.11 Å². The summed E-state index contributed by atoms with van der Waals surface area (Å²) >= 11 is 3.45. The van der Waals surface area contributed by atoms with Crippen LogP contribution in [0.25, 0.3) is 11.1 Å². The number of hydrogen-bond donors (Lipinski definition) is 1. The Morgan fingerprint density at radius 3 is 2.63 bits per heavy atom. The van der Waals surface area contributed by atoms with E-state index in [4.69, 9.17) is 5.11 Å². The van der Waals surface area contributed by atoms with Crippen LogP contribution in [-0.2, 0) is 11.3 Å². The lowest BCUT2D eigenvalue weighted by atomic mass is 9.99. The summed E-state index contributed by atoms with van der Waals surface area (Å²) in [4.78, 5) is 10.8. The molecule has 0 unspecified atom stereocenters. The van der Waals surface area contributed by atoms with E-state index in [-0.39, 0.29) is 6.54 Å². The Kier molecular flexibility index (Phi) is 3.75. The number of carbonyl (C=O) groups is 1. The van der Waals surface area contributed by atoms with Crippen LogP contribution in [0.4, 0.5) is 0 Å². The number of aryl methyl sites for hydroxylation is 2. The second kappa shape index (κ2) is 5.17. The van der Waals surface area contributed by atoms with Crippen LogP contribution in [0.1, 0.15) is 17.0 Å². The number of aliphatic carboxylic acids is 1. The standard InChI is InChI=1S/C14H15BrN2O2/c1-8-6-11(15)4-5-12(8)14-9(2)16-17(10(14)3)7-13(18)19/h4-6H,7H2,1-3H3,(H,18,19). The Balaban J connectivity index is 2.56. The predicted molar refractivity (Wildman–Crippen MR) is 77.2 cm³/mol. The highest BCUT2D eigenvalue weighted by Crippen LogP contribution is 2.31. The molecule has 1 heterocycles. The normalized spacial score (nSPS) is 10.7. The van der Waals surface area contributed by atoms with E-state index in [1.807, 2.05) is 39.0 Å². The molecule has 0 aliphatic carbocycles. The van der Waals surface area contributed by atoms with Crippen molar-refractivity contribution in [2.75, 3.05) is 0 Å². The van der Waals surface area contributed by atoms with Crippen LogP contribution < -0.4 is 0 Å². The first-order valence-electron chi connectivity index (χ1n) is 5.92. The molecule has 1 aromatic heterocycles. The highest BCUT2D eigenvalue weighted by Gasteiger charge is 2.16. The van der Waals surface area contributed by atoms with Gasteiger partial charge in [-0.05, 0) is 44.0 Å². The molecule has 1 N–H and O–H groups in total. The van der Waals surface area contributed by atoms with Gasteiger partial charge in [0.25, 0.3) is 0 Å². The van der Waals surface area contributed by atoms with Crippen LogP contribution in [0.2, 0.25) is 0 Å². The van der Waals surface area contributed by atoms with Crippen molar-refractivity contribution in [2.24, 2.45) is 0 Å². The topological polar surface area (TPSA) is 55.1 Å². The second-order valence-corrected chi connectivity index (χ2v) is 5.47. The maximum atomic E-state index is 10.8. The summed E-state index contributed by atoms with van der Waals surface area (Å²) < 4.78 is 2.57. The summed E-state index contributed by atoms with van der Waals surface area (Å²) in [6.07, 6.45) is 0. The number of rotatable bonds is 3. The van der Waals surface area contributed by atoms with Crippen LogP contribution in [0.5, 0.6) is 0 Å². The second-order valence-electron chi connectivity index (χ2n) is 4.56. The minimum Gasteiger partial charge on any atom is -0.480 e. The number of carboxylic acids is 1. The lowest BCUT2D eigenvalue weighted by Gasteiger charge is -2.07. The molecule has 5 heteroatoms. The van der Waals surface area contributed by atoms with Crippen LogP contribution >= 0.6 is 15.9 Å². The number of nitrogens with zero attached hydrogens (tertiary/aromatic N) is 2. The number of carboxylic acid groups (broad SMARTS) is 1. The van der Waals surface area contributed by atoms with E-state index >= 15 is 0 Å². The molecule has 100 valence electrons. The molecule has 0 aliphatic rings. The van der Waals surface area contributed by atoms with E-state index < -0.39 is 5.97 Å². The van der Waals surface area contributed by atoms with Crippen molar-refractivity contribution in [1.29, 1.82) is 0 Å². The Labute approximate surface area is 120 Å². The molecule has 0 atom stereocenters. The Hall–Kier alpha value is -1.62. The fraction of sp³-hybridized carbons (Fsp3) is 0.286. The molecule has 0 spiro atoms. The summed E-state index contributed by atoms with van der Waals surface area (Å²) in [5.74, 6) is -0.885. The highest BCUT2D eigenvalue weighted by molar-refractivity contribution is 9.10. The van der Waals surface area contributed by atoms with E-state index in [1.54, 1.807) is 0 Å². The van der Waals surface area contributed by atoms with E-state index in [2.05, 4.69) is 21.0 Å². The molecule has 0 aliphatic heterocycles. The zero-order valence-corrected chi connectivity index (χ0v) is 12.7. The Morgan fingerprint density at radius 2 is 2.05 bits per heavy atom. The summed E-state index contributed by atoms with van der Waals surface area (Å²) in [5.41, 5.74) is 4.98. The molecule has 4 nitrogen and oxygen atoms in total. The van der Waals surface area contributed by atoms with Crippen molar-refractivity contribution >= 4 is 21.9 Å². The van der Waals surface area contributed by atoms with Gasteiger partial charge in [-0.1, -0.05) is 22.0 Å². The fourth-order valence-electron chi connectivity index (χ4n) is 2.28. The number of aromatic nitrogens is 2. The molecule has 19 heavy (non-hydrogen) atoms. The summed E-state index contributed by atoms with van der Waals surface area (Å²) in [6, 6.07) is 6.06. The number of halogens is 1. The van der Waals surface area contributed by atoms with Gasteiger partial charge in [0, 0.05) is 15.7 Å². The van der Waals surface area contributed by atoms with E-state index in [9.17, 15) is 4.79 Å². The lowest BCUT2D eigenvalue weighted by molar-refractivity contribution is -0.137. The minimum atomic E-state index is -0.885. The van der Waals surface area contributed by atoms with Crippen LogP contribution in [0.3, 0.4) is 0 Å². The van der Waals surface area contributed by atoms with E-state index in [0.717, 1.165) is 32.6 Å². The average Bonchev–Trinajstić information content (AvgIpc) is 2.55. The van der Waals surface area contributed by atoms with Crippen molar-refractivity contribution in [3.05, 3.63) is 39.6 Å². The molecule has 0 radical (unpaired) electrons. The smallest absolute Gasteiger partial charge is 0.325 e. The third-order valence-electron chi connectivity index (χ3n) is 3.12. The molecule has 0 amide bonds. The van der Waals surface area contributed by atoms with Crippen molar-refractivity contribution in [3.8, 4) is 11.1 Å². The van der Waals surface area contributed by atoms with Crippen molar-refractivity contribution in [3.63, 3.8) is 0 Å². The maximum absolute atomic E-state index is 10.8. The summed E-state index contributed by atoms with van der Waals surface area (Å²) in [6.45, 7) is 5.73. The highest BCUT2D eigenvalue weighted by atomic mass is 79.9. The molecule has 1 aromatic carbocycles. The van der Waals surface area contributed by atoms with Gasteiger partial charge in [0.05, 0.1) is 5.69 Å². The van der Waals surface area contributed by atoms with Crippen LogP contribution in [0, 0.1) is 20.8 Å². The third kappa shape index (κ3) is 2.71. The molecule has 0 saturated carbocycles. The van der Waals surface area contributed by atoms with Gasteiger partial charge in [0.1, 0.15) is 6.54 Å². The Bertz CT molecular complexity index is 647. The molecular weight excluding hydrogens is 308 g/mol. The number of benzene rings is 1. The van der Waals surface area contributed by atoms with Crippen LogP contribution in [-0.4, -0.2) is 20.9 Å². The zero-order valence-electron chi connectivity index (χ0n) is 11.1. The van der Waals surface area contributed by atoms with E-state index in [1.165, 1.54) is 4.68 Å². The first-order valence-corrected chi connectivity index (χ1v) is 6.71. The van der Waals surface area contributed by atoms with Gasteiger partial charge in [-0.25, -0.2) is 0 Å².